The van der Waals surface area contributed by atoms with Crippen molar-refractivity contribution in [3.05, 3.63) is 5.82 Å². The third-order valence-electron chi connectivity index (χ3n) is 1.52. The van der Waals surface area contributed by atoms with E-state index in [9.17, 15) is 4.79 Å². The normalized spacial score (nSPS) is 10.2. The molecule has 0 aromatic carbocycles. The first-order valence-electron chi connectivity index (χ1n) is 4.21. The third-order valence-corrected chi connectivity index (χ3v) is 1.52. The SMILES string of the molecule is CCCCc1nnn(CC(=O)O)n1. The van der Waals surface area contributed by atoms with Crippen LogP contribution in [-0.4, -0.2) is 31.3 Å². The molecule has 0 saturated heterocycles. The Hall–Kier alpha value is -1.46. The molecule has 0 atom stereocenters. The molecule has 0 saturated carbocycles. The Kier molecular flexibility index (Phi) is 3.36. The number of unbranched alkanes of at least 4 members (excludes halogenated alkanes) is 1. The lowest BCUT2D eigenvalue weighted by atomic mass is 10.2. The van der Waals surface area contributed by atoms with E-state index in [1.165, 1.54) is 0 Å². The number of carbonyl (C=O) groups is 1. The van der Waals surface area contributed by atoms with Gasteiger partial charge in [-0.1, -0.05) is 13.3 Å². The molecule has 0 aliphatic carbocycles. The van der Waals surface area contributed by atoms with Gasteiger partial charge in [-0.2, -0.15) is 4.80 Å². The fourth-order valence-electron chi connectivity index (χ4n) is 0.899. The van der Waals surface area contributed by atoms with Crippen molar-refractivity contribution in [3.63, 3.8) is 0 Å². The van der Waals surface area contributed by atoms with E-state index in [-0.39, 0.29) is 6.54 Å². The maximum atomic E-state index is 10.3. The monoisotopic (exact) mass is 184 g/mol. The molecule has 0 spiro atoms. The van der Waals surface area contributed by atoms with Crippen LogP contribution in [0.1, 0.15) is 25.6 Å². The fourth-order valence-corrected chi connectivity index (χ4v) is 0.899. The van der Waals surface area contributed by atoms with Crippen LogP contribution in [-0.2, 0) is 17.8 Å². The molecule has 6 nitrogen and oxygen atoms in total. The summed E-state index contributed by atoms with van der Waals surface area (Å²) in [5.41, 5.74) is 0. The molecule has 0 unspecified atom stereocenters. The summed E-state index contributed by atoms with van der Waals surface area (Å²) in [6.45, 7) is 1.85. The molecule has 0 fully saturated rings. The molecule has 1 aromatic rings. The summed E-state index contributed by atoms with van der Waals surface area (Å²) >= 11 is 0. The van der Waals surface area contributed by atoms with E-state index in [4.69, 9.17) is 5.11 Å². The van der Waals surface area contributed by atoms with Crippen molar-refractivity contribution in [2.45, 2.75) is 32.7 Å². The molecule has 6 heteroatoms. The highest BCUT2D eigenvalue weighted by atomic mass is 16.4. The maximum absolute atomic E-state index is 10.3. The van der Waals surface area contributed by atoms with Gasteiger partial charge in [0.25, 0.3) is 0 Å². The van der Waals surface area contributed by atoms with Crippen LogP contribution < -0.4 is 0 Å². The molecule has 13 heavy (non-hydrogen) atoms. The number of carboxylic acid groups (broad SMARTS) is 1. The number of aromatic nitrogens is 4. The molecule has 0 radical (unpaired) electrons. The van der Waals surface area contributed by atoms with Crippen molar-refractivity contribution >= 4 is 5.97 Å². The maximum Gasteiger partial charge on any atom is 0.327 e. The highest BCUT2D eigenvalue weighted by Gasteiger charge is 2.04. The summed E-state index contributed by atoms with van der Waals surface area (Å²) in [5.74, 6) is -0.345. The first kappa shape index (κ1) is 9.63. The van der Waals surface area contributed by atoms with Crippen LogP contribution in [0.25, 0.3) is 0 Å². The van der Waals surface area contributed by atoms with Crippen LogP contribution >= 0.6 is 0 Å². The molecular weight excluding hydrogens is 172 g/mol. The van der Waals surface area contributed by atoms with Crippen molar-refractivity contribution in [1.82, 2.24) is 20.2 Å². The lowest BCUT2D eigenvalue weighted by Crippen LogP contribution is -2.11. The van der Waals surface area contributed by atoms with E-state index in [1.54, 1.807) is 0 Å². The number of tetrazole rings is 1. The van der Waals surface area contributed by atoms with Gasteiger partial charge in [0.05, 0.1) is 0 Å². The van der Waals surface area contributed by atoms with Crippen LogP contribution in [0.4, 0.5) is 0 Å². The Balaban J connectivity index is 2.48. The fraction of sp³-hybridized carbons (Fsp3) is 0.714. The molecule has 1 rings (SSSR count). The Labute approximate surface area is 75.6 Å². The highest BCUT2D eigenvalue weighted by Crippen LogP contribution is 1.96. The van der Waals surface area contributed by atoms with Crippen molar-refractivity contribution < 1.29 is 9.90 Å². The molecule has 0 aliphatic heterocycles. The Morgan fingerprint density at radius 2 is 2.38 bits per heavy atom. The Bertz CT molecular complexity index is 284. The number of aliphatic carboxylic acids is 1. The van der Waals surface area contributed by atoms with Crippen LogP contribution in [0.2, 0.25) is 0 Å². The third kappa shape index (κ3) is 3.18. The smallest absolute Gasteiger partial charge is 0.327 e. The summed E-state index contributed by atoms with van der Waals surface area (Å²) < 4.78 is 0. The second-order valence-corrected chi connectivity index (χ2v) is 2.73. The van der Waals surface area contributed by atoms with Crippen LogP contribution in [0.5, 0.6) is 0 Å². The molecule has 1 aromatic heterocycles. The van der Waals surface area contributed by atoms with Gasteiger partial charge >= 0.3 is 5.97 Å². The predicted molar refractivity (Wildman–Crippen MR) is 44.1 cm³/mol. The average molecular weight is 184 g/mol. The quantitative estimate of drug-likeness (QED) is 0.701. The van der Waals surface area contributed by atoms with Crippen molar-refractivity contribution in [2.75, 3.05) is 0 Å². The van der Waals surface area contributed by atoms with E-state index in [2.05, 4.69) is 22.3 Å². The summed E-state index contributed by atoms with van der Waals surface area (Å²) in [4.78, 5) is 11.4. The van der Waals surface area contributed by atoms with Crippen LogP contribution in [0.3, 0.4) is 0 Å². The van der Waals surface area contributed by atoms with E-state index in [1.807, 2.05) is 0 Å². The van der Waals surface area contributed by atoms with Gasteiger partial charge in [0.1, 0.15) is 0 Å². The molecule has 1 heterocycles. The van der Waals surface area contributed by atoms with Gasteiger partial charge in [0.15, 0.2) is 12.4 Å². The zero-order valence-corrected chi connectivity index (χ0v) is 7.47. The number of aryl methyl sites for hydroxylation is 1. The molecule has 0 aliphatic rings. The van der Waals surface area contributed by atoms with Crippen molar-refractivity contribution in [1.29, 1.82) is 0 Å². The van der Waals surface area contributed by atoms with Gasteiger partial charge in [-0.3, -0.25) is 4.79 Å². The standard InChI is InChI=1S/C7H12N4O2/c1-2-3-4-6-8-10-11(9-6)5-7(12)13/h2-5H2,1H3,(H,12,13). The topological polar surface area (TPSA) is 80.9 Å². The number of hydrogen-bond donors (Lipinski definition) is 1. The lowest BCUT2D eigenvalue weighted by molar-refractivity contribution is -0.138. The molecule has 1 N–H and O–H groups in total. The molecule has 0 amide bonds. The van der Waals surface area contributed by atoms with E-state index >= 15 is 0 Å². The van der Waals surface area contributed by atoms with Gasteiger partial charge in [0, 0.05) is 6.42 Å². The second-order valence-electron chi connectivity index (χ2n) is 2.73. The average Bonchev–Trinajstić information content (AvgIpc) is 2.48. The van der Waals surface area contributed by atoms with Crippen LogP contribution in [0.15, 0.2) is 0 Å². The zero-order chi connectivity index (χ0) is 9.68. The number of rotatable bonds is 5. The van der Waals surface area contributed by atoms with E-state index in [0.717, 1.165) is 24.1 Å². The Morgan fingerprint density at radius 3 is 3.00 bits per heavy atom. The Morgan fingerprint density at radius 1 is 1.62 bits per heavy atom. The number of nitrogens with zero attached hydrogens (tertiary/aromatic N) is 4. The summed E-state index contributed by atoms with van der Waals surface area (Å²) in [6.07, 6.45) is 2.82. The number of carboxylic acids is 1. The first-order valence-corrected chi connectivity index (χ1v) is 4.21. The van der Waals surface area contributed by atoms with Crippen molar-refractivity contribution in [3.8, 4) is 0 Å². The lowest BCUT2D eigenvalue weighted by Gasteiger charge is -1.90. The van der Waals surface area contributed by atoms with Crippen LogP contribution in [0, 0.1) is 0 Å². The van der Waals surface area contributed by atoms with Gasteiger partial charge in [-0.15, -0.1) is 10.2 Å². The summed E-state index contributed by atoms with van der Waals surface area (Å²) in [5, 5.41) is 19.7. The first-order chi connectivity index (χ1) is 6.22. The second kappa shape index (κ2) is 4.54. The minimum absolute atomic E-state index is 0.223. The summed E-state index contributed by atoms with van der Waals surface area (Å²) in [7, 11) is 0. The summed E-state index contributed by atoms with van der Waals surface area (Å²) in [6, 6.07) is 0. The highest BCUT2D eigenvalue weighted by molar-refractivity contribution is 5.66. The van der Waals surface area contributed by atoms with Gasteiger partial charge in [-0.25, -0.2) is 0 Å². The van der Waals surface area contributed by atoms with Gasteiger partial charge in [-0.05, 0) is 11.6 Å². The van der Waals surface area contributed by atoms with Gasteiger partial charge < -0.3 is 5.11 Å². The molecule has 0 bridgehead atoms. The van der Waals surface area contributed by atoms with Crippen molar-refractivity contribution in [2.24, 2.45) is 0 Å². The number of hydrogen-bond acceptors (Lipinski definition) is 4. The molecule has 72 valence electrons. The minimum atomic E-state index is -0.959. The molecular formula is C7H12N4O2. The predicted octanol–water partition coefficient (Wildman–Crippen LogP) is 0.100. The minimum Gasteiger partial charge on any atom is -0.480 e. The van der Waals surface area contributed by atoms with E-state index in [0.29, 0.717) is 5.82 Å². The zero-order valence-electron chi connectivity index (χ0n) is 7.47. The largest absolute Gasteiger partial charge is 0.480 e. The van der Waals surface area contributed by atoms with Gasteiger partial charge in [0.2, 0.25) is 0 Å². The van der Waals surface area contributed by atoms with E-state index < -0.39 is 5.97 Å².